The molecule has 0 bridgehead atoms. The van der Waals surface area contributed by atoms with E-state index in [4.69, 9.17) is 0 Å². The number of allylic oxidation sites excluding steroid dienone is 1. The number of aliphatic hydroxyl groups excluding tert-OH is 1. The standard InChI is InChI=1S/C15H23NO4/c1-10(2)7-8-12(17)15(20)9-13(18)16(14(15)19)11-5-3-4-6-11/h7-8,10-12,17,20H,3-6,9H2,1-2H3/b8-7+. The average Bonchev–Trinajstić information content (AvgIpc) is 2.95. The fourth-order valence-electron chi connectivity index (χ4n) is 2.96. The summed E-state index contributed by atoms with van der Waals surface area (Å²) in [5.41, 5.74) is -1.99. The number of nitrogens with zero attached hydrogens (tertiary/aromatic N) is 1. The molecule has 2 rings (SSSR count). The Hall–Kier alpha value is -1.20. The van der Waals surface area contributed by atoms with Crippen LogP contribution in [0.1, 0.15) is 46.0 Å². The first-order valence-corrected chi connectivity index (χ1v) is 7.31. The summed E-state index contributed by atoms with van der Waals surface area (Å²) in [6.45, 7) is 3.86. The first kappa shape index (κ1) is 15.2. The molecule has 0 aromatic rings. The molecule has 1 aliphatic carbocycles. The Balaban J connectivity index is 2.16. The van der Waals surface area contributed by atoms with Crippen LogP contribution >= 0.6 is 0 Å². The van der Waals surface area contributed by atoms with Crippen LogP contribution in [-0.4, -0.2) is 44.7 Å². The summed E-state index contributed by atoms with van der Waals surface area (Å²) in [7, 11) is 0. The van der Waals surface area contributed by atoms with E-state index >= 15 is 0 Å². The molecule has 112 valence electrons. The molecule has 1 heterocycles. The Bertz CT molecular complexity index is 426. The van der Waals surface area contributed by atoms with E-state index in [2.05, 4.69) is 0 Å². The molecule has 2 atom stereocenters. The predicted molar refractivity (Wildman–Crippen MR) is 73.7 cm³/mol. The highest BCUT2D eigenvalue weighted by molar-refractivity contribution is 6.08. The number of hydrogen-bond donors (Lipinski definition) is 2. The Kier molecular flexibility index (Phi) is 4.30. The number of carbonyl (C=O) groups is 2. The highest BCUT2D eigenvalue weighted by Crippen LogP contribution is 2.34. The summed E-state index contributed by atoms with van der Waals surface area (Å²) in [5, 5.41) is 20.5. The van der Waals surface area contributed by atoms with Gasteiger partial charge in [-0.05, 0) is 18.8 Å². The van der Waals surface area contributed by atoms with Crippen LogP contribution in [0.25, 0.3) is 0 Å². The zero-order valence-corrected chi connectivity index (χ0v) is 12.1. The second-order valence-corrected chi connectivity index (χ2v) is 6.18. The number of aliphatic hydroxyl groups is 2. The third-order valence-corrected chi connectivity index (χ3v) is 4.14. The van der Waals surface area contributed by atoms with E-state index in [-0.39, 0.29) is 24.3 Å². The number of rotatable bonds is 4. The van der Waals surface area contributed by atoms with Gasteiger partial charge in [0.25, 0.3) is 5.91 Å². The number of likely N-dealkylation sites (tertiary alicyclic amines) is 1. The Morgan fingerprint density at radius 2 is 1.85 bits per heavy atom. The van der Waals surface area contributed by atoms with Crippen LogP contribution < -0.4 is 0 Å². The second kappa shape index (κ2) is 5.66. The van der Waals surface area contributed by atoms with E-state index in [1.54, 1.807) is 6.08 Å². The van der Waals surface area contributed by atoms with Gasteiger partial charge in [0.15, 0.2) is 5.60 Å². The SMILES string of the molecule is CC(C)/C=C/C(O)C1(O)CC(=O)N(C2CCCC2)C1=O. The Labute approximate surface area is 119 Å². The van der Waals surface area contributed by atoms with E-state index in [1.165, 1.54) is 11.0 Å². The third-order valence-electron chi connectivity index (χ3n) is 4.14. The molecular formula is C15H23NO4. The number of amides is 2. The van der Waals surface area contributed by atoms with Gasteiger partial charge in [-0.1, -0.05) is 38.8 Å². The van der Waals surface area contributed by atoms with Gasteiger partial charge in [-0.25, -0.2) is 0 Å². The van der Waals surface area contributed by atoms with E-state index < -0.39 is 17.6 Å². The van der Waals surface area contributed by atoms with E-state index in [0.717, 1.165) is 25.7 Å². The molecule has 0 aromatic carbocycles. The average molecular weight is 281 g/mol. The summed E-state index contributed by atoms with van der Waals surface area (Å²) in [6, 6.07) is -0.106. The topological polar surface area (TPSA) is 77.8 Å². The van der Waals surface area contributed by atoms with Crippen molar-refractivity contribution in [1.29, 1.82) is 0 Å². The smallest absolute Gasteiger partial charge is 0.265 e. The van der Waals surface area contributed by atoms with Gasteiger partial charge in [-0.3, -0.25) is 14.5 Å². The second-order valence-electron chi connectivity index (χ2n) is 6.18. The molecule has 2 amide bonds. The van der Waals surface area contributed by atoms with Crippen LogP contribution in [0.4, 0.5) is 0 Å². The molecule has 2 fully saturated rings. The van der Waals surface area contributed by atoms with E-state index in [1.807, 2.05) is 13.8 Å². The maximum Gasteiger partial charge on any atom is 0.265 e. The van der Waals surface area contributed by atoms with Gasteiger partial charge in [0.1, 0.15) is 6.10 Å². The Morgan fingerprint density at radius 3 is 2.40 bits per heavy atom. The van der Waals surface area contributed by atoms with Gasteiger partial charge in [0, 0.05) is 6.04 Å². The van der Waals surface area contributed by atoms with Crippen molar-refractivity contribution >= 4 is 11.8 Å². The molecule has 2 unspecified atom stereocenters. The van der Waals surface area contributed by atoms with Crippen molar-refractivity contribution in [3.8, 4) is 0 Å². The highest BCUT2D eigenvalue weighted by Gasteiger charge is 2.56. The molecule has 2 N–H and O–H groups in total. The van der Waals surface area contributed by atoms with Gasteiger partial charge in [0.05, 0.1) is 6.42 Å². The van der Waals surface area contributed by atoms with Crippen LogP contribution in [0, 0.1) is 5.92 Å². The minimum Gasteiger partial charge on any atom is -0.385 e. The molecule has 0 radical (unpaired) electrons. The predicted octanol–water partition coefficient (Wildman–Crippen LogP) is 0.992. The molecular weight excluding hydrogens is 258 g/mol. The van der Waals surface area contributed by atoms with E-state index in [9.17, 15) is 19.8 Å². The first-order chi connectivity index (χ1) is 9.36. The van der Waals surface area contributed by atoms with Crippen molar-refractivity contribution in [2.24, 2.45) is 5.92 Å². The van der Waals surface area contributed by atoms with Crippen LogP contribution in [0.5, 0.6) is 0 Å². The molecule has 1 aliphatic heterocycles. The molecule has 20 heavy (non-hydrogen) atoms. The maximum atomic E-state index is 12.4. The molecule has 5 nitrogen and oxygen atoms in total. The Morgan fingerprint density at radius 1 is 1.25 bits per heavy atom. The zero-order valence-electron chi connectivity index (χ0n) is 12.1. The van der Waals surface area contributed by atoms with Crippen LogP contribution in [0.3, 0.4) is 0 Å². The minimum absolute atomic E-state index is 0.106. The van der Waals surface area contributed by atoms with Crippen molar-refractivity contribution < 1.29 is 19.8 Å². The van der Waals surface area contributed by atoms with Crippen molar-refractivity contribution in [3.63, 3.8) is 0 Å². The molecule has 5 heteroatoms. The largest absolute Gasteiger partial charge is 0.385 e. The van der Waals surface area contributed by atoms with E-state index in [0.29, 0.717) is 0 Å². The molecule has 0 aromatic heterocycles. The lowest BCUT2D eigenvalue weighted by Crippen LogP contribution is -2.50. The van der Waals surface area contributed by atoms with Crippen LogP contribution in [0.15, 0.2) is 12.2 Å². The van der Waals surface area contributed by atoms with Crippen molar-refractivity contribution in [2.75, 3.05) is 0 Å². The minimum atomic E-state index is -1.99. The normalized spacial score (nSPS) is 30.1. The number of hydrogen-bond acceptors (Lipinski definition) is 4. The van der Waals surface area contributed by atoms with Crippen LogP contribution in [0.2, 0.25) is 0 Å². The maximum absolute atomic E-state index is 12.4. The molecule has 1 saturated heterocycles. The monoisotopic (exact) mass is 281 g/mol. The zero-order chi connectivity index (χ0) is 14.9. The quantitative estimate of drug-likeness (QED) is 0.595. The first-order valence-electron chi connectivity index (χ1n) is 7.31. The fourth-order valence-corrected chi connectivity index (χ4v) is 2.96. The summed E-state index contributed by atoms with van der Waals surface area (Å²) >= 11 is 0. The molecule has 0 spiro atoms. The van der Waals surface area contributed by atoms with Crippen molar-refractivity contribution in [1.82, 2.24) is 4.90 Å². The molecule has 1 saturated carbocycles. The lowest BCUT2D eigenvalue weighted by Gasteiger charge is -2.27. The van der Waals surface area contributed by atoms with Crippen molar-refractivity contribution in [2.45, 2.75) is 63.7 Å². The summed E-state index contributed by atoms with van der Waals surface area (Å²) < 4.78 is 0. The van der Waals surface area contributed by atoms with Gasteiger partial charge in [-0.2, -0.15) is 0 Å². The summed E-state index contributed by atoms with van der Waals surface area (Å²) in [5.74, 6) is -0.817. The number of imide groups is 1. The number of carbonyl (C=O) groups excluding carboxylic acids is 2. The van der Waals surface area contributed by atoms with Crippen LogP contribution in [-0.2, 0) is 9.59 Å². The third kappa shape index (κ3) is 2.65. The molecule has 2 aliphatic rings. The van der Waals surface area contributed by atoms with Gasteiger partial charge in [0.2, 0.25) is 5.91 Å². The van der Waals surface area contributed by atoms with Crippen molar-refractivity contribution in [3.05, 3.63) is 12.2 Å². The van der Waals surface area contributed by atoms with Gasteiger partial charge >= 0.3 is 0 Å². The fraction of sp³-hybridized carbons (Fsp3) is 0.733. The highest BCUT2D eigenvalue weighted by atomic mass is 16.4. The lowest BCUT2D eigenvalue weighted by atomic mass is 9.93. The van der Waals surface area contributed by atoms with Gasteiger partial charge in [-0.15, -0.1) is 0 Å². The lowest BCUT2D eigenvalue weighted by molar-refractivity contribution is -0.153. The summed E-state index contributed by atoms with van der Waals surface area (Å²) in [4.78, 5) is 25.6. The van der Waals surface area contributed by atoms with Gasteiger partial charge < -0.3 is 10.2 Å². The summed E-state index contributed by atoms with van der Waals surface area (Å²) in [6.07, 6.45) is 5.05.